The lowest BCUT2D eigenvalue weighted by Crippen LogP contribution is -2.53. The molecule has 1 aromatic rings. The predicted octanol–water partition coefficient (Wildman–Crippen LogP) is 2.95. The van der Waals surface area contributed by atoms with Crippen LogP contribution >= 0.6 is 11.9 Å². The number of hydrogen-bond donors (Lipinski definition) is 0. The molecule has 0 aromatic heterocycles. The number of likely N-dealkylation sites (tertiary alicyclic amines) is 1. The summed E-state index contributed by atoms with van der Waals surface area (Å²) in [6.07, 6.45) is 6.51. The van der Waals surface area contributed by atoms with Gasteiger partial charge in [0.25, 0.3) is 0 Å². The maximum absolute atomic E-state index is 5.64. The highest BCUT2D eigenvalue weighted by molar-refractivity contribution is 7.96. The van der Waals surface area contributed by atoms with Crippen molar-refractivity contribution in [2.75, 3.05) is 32.4 Å². The molecule has 1 atom stereocenters. The first kappa shape index (κ1) is 16.4. The molecule has 2 nitrogen and oxygen atoms in total. The Morgan fingerprint density at radius 3 is 2.73 bits per heavy atom. The van der Waals surface area contributed by atoms with E-state index in [2.05, 4.69) is 40.6 Å². The topological polar surface area (TPSA) is 6.48 Å². The SMILES string of the molecule is [B]CCc1ccc(CC2CN(C3CCN(SC)C3)C2)c(C)c1. The lowest BCUT2D eigenvalue weighted by Gasteiger charge is -2.43. The monoisotopic (exact) mass is 314 g/mol. The lowest BCUT2D eigenvalue weighted by atomic mass is 9.87. The second-order valence-electron chi connectivity index (χ2n) is 6.84. The highest BCUT2D eigenvalue weighted by Crippen LogP contribution is 2.29. The molecule has 2 aliphatic rings. The van der Waals surface area contributed by atoms with E-state index in [9.17, 15) is 0 Å². The smallest absolute Gasteiger partial charge is 0.0657 e. The highest BCUT2D eigenvalue weighted by atomic mass is 32.2. The fourth-order valence-electron chi connectivity index (χ4n) is 3.83. The van der Waals surface area contributed by atoms with E-state index in [1.54, 1.807) is 0 Å². The van der Waals surface area contributed by atoms with E-state index in [0.29, 0.717) is 0 Å². The van der Waals surface area contributed by atoms with Crippen molar-refractivity contribution in [1.82, 2.24) is 9.21 Å². The first-order valence-corrected chi connectivity index (χ1v) is 9.69. The molecule has 0 saturated carbocycles. The van der Waals surface area contributed by atoms with Crippen molar-refractivity contribution in [2.45, 2.75) is 38.5 Å². The summed E-state index contributed by atoms with van der Waals surface area (Å²) in [7, 11) is 5.64. The van der Waals surface area contributed by atoms with Crippen LogP contribution in [0.3, 0.4) is 0 Å². The van der Waals surface area contributed by atoms with Crippen LogP contribution in [-0.2, 0) is 12.8 Å². The Kier molecular flexibility index (Phi) is 5.53. The Morgan fingerprint density at radius 2 is 2.09 bits per heavy atom. The van der Waals surface area contributed by atoms with E-state index in [-0.39, 0.29) is 0 Å². The standard InChI is InChI=1S/C18H27BN2S/c1-14-9-15(5-7-19)3-4-17(14)10-16-11-20(12-16)18-6-8-21(13-18)22-2/h3-4,9,16,18H,5-8,10-13H2,1-2H3. The van der Waals surface area contributed by atoms with Gasteiger partial charge in [-0.25, -0.2) is 4.31 Å². The molecule has 118 valence electrons. The van der Waals surface area contributed by atoms with Gasteiger partial charge in [0.1, 0.15) is 0 Å². The molecule has 0 amide bonds. The van der Waals surface area contributed by atoms with E-state index in [0.717, 1.165) is 24.7 Å². The molecular weight excluding hydrogens is 287 g/mol. The van der Waals surface area contributed by atoms with Crippen LogP contribution in [0.2, 0.25) is 6.32 Å². The number of aryl methyl sites for hydroxylation is 2. The van der Waals surface area contributed by atoms with Gasteiger partial charge in [0, 0.05) is 32.2 Å². The van der Waals surface area contributed by atoms with Crippen LogP contribution in [0.1, 0.15) is 23.1 Å². The molecule has 2 heterocycles. The summed E-state index contributed by atoms with van der Waals surface area (Å²) in [5, 5.41) is 0. The molecule has 0 N–H and O–H groups in total. The zero-order valence-electron chi connectivity index (χ0n) is 13.9. The summed E-state index contributed by atoms with van der Waals surface area (Å²) in [6.45, 7) is 7.34. The van der Waals surface area contributed by atoms with Crippen molar-refractivity contribution in [1.29, 1.82) is 0 Å². The van der Waals surface area contributed by atoms with Crippen LogP contribution in [0, 0.1) is 12.8 Å². The molecule has 3 rings (SSSR count). The third-order valence-corrected chi connectivity index (χ3v) is 6.08. The summed E-state index contributed by atoms with van der Waals surface area (Å²) in [5.74, 6) is 0.849. The number of hydrogen-bond acceptors (Lipinski definition) is 3. The van der Waals surface area contributed by atoms with Gasteiger partial charge in [0.2, 0.25) is 0 Å². The summed E-state index contributed by atoms with van der Waals surface area (Å²) in [6, 6.07) is 7.72. The van der Waals surface area contributed by atoms with Crippen molar-refractivity contribution in [3.05, 3.63) is 34.9 Å². The minimum Gasteiger partial charge on any atom is -0.298 e. The second kappa shape index (κ2) is 7.42. The zero-order valence-corrected chi connectivity index (χ0v) is 14.7. The van der Waals surface area contributed by atoms with Crippen molar-refractivity contribution in [3.8, 4) is 0 Å². The molecule has 2 fully saturated rings. The van der Waals surface area contributed by atoms with Gasteiger partial charge >= 0.3 is 0 Å². The Balaban J connectivity index is 1.48. The second-order valence-corrected chi connectivity index (χ2v) is 7.72. The quantitative estimate of drug-likeness (QED) is 0.589. The number of rotatable bonds is 6. The molecule has 22 heavy (non-hydrogen) atoms. The molecule has 0 bridgehead atoms. The summed E-state index contributed by atoms with van der Waals surface area (Å²) in [5.41, 5.74) is 4.35. The average molecular weight is 314 g/mol. The fourth-order valence-corrected chi connectivity index (χ4v) is 4.44. The van der Waals surface area contributed by atoms with Crippen LogP contribution < -0.4 is 0 Å². The van der Waals surface area contributed by atoms with Crippen molar-refractivity contribution >= 4 is 19.8 Å². The van der Waals surface area contributed by atoms with E-state index in [1.807, 2.05) is 11.9 Å². The molecule has 0 aliphatic carbocycles. The van der Waals surface area contributed by atoms with E-state index >= 15 is 0 Å². The van der Waals surface area contributed by atoms with Gasteiger partial charge in [0.05, 0.1) is 7.85 Å². The minimum absolute atomic E-state index is 0.741. The normalized spacial score (nSPS) is 23.8. The third-order valence-electron chi connectivity index (χ3n) is 5.23. The Morgan fingerprint density at radius 1 is 1.27 bits per heavy atom. The van der Waals surface area contributed by atoms with Crippen LogP contribution in [0.25, 0.3) is 0 Å². The zero-order chi connectivity index (χ0) is 15.5. The van der Waals surface area contributed by atoms with E-state index in [4.69, 9.17) is 7.85 Å². The lowest BCUT2D eigenvalue weighted by molar-refractivity contribution is 0.0590. The number of benzene rings is 1. The van der Waals surface area contributed by atoms with Gasteiger partial charge in [0.15, 0.2) is 0 Å². The van der Waals surface area contributed by atoms with Gasteiger partial charge in [-0.2, -0.15) is 0 Å². The fraction of sp³-hybridized carbons (Fsp3) is 0.667. The van der Waals surface area contributed by atoms with Crippen LogP contribution in [0.15, 0.2) is 18.2 Å². The molecular formula is C18H27BN2S. The average Bonchev–Trinajstić information content (AvgIpc) is 2.93. The van der Waals surface area contributed by atoms with Gasteiger partial charge in [-0.3, -0.25) is 4.90 Å². The highest BCUT2D eigenvalue weighted by Gasteiger charge is 2.35. The predicted molar refractivity (Wildman–Crippen MR) is 97.7 cm³/mol. The first-order chi connectivity index (χ1) is 10.7. The van der Waals surface area contributed by atoms with Crippen molar-refractivity contribution < 1.29 is 0 Å². The molecule has 1 unspecified atom stereocenters. The molecule has 4 heteroatoms. The summed E-state index contributed by atoms with van der Waals surface area (Å²) in [4.78, 5) is 2.69. The van der Waals surface area contributed by atoms with E-state index in [1.165, 1.54) is 55.7 Å². The number of nitrogens with zero attached hydrogens (tertiary/aromatic N) is 2. The van der Waals surface area contributed by atoms with E-state index < -0.39 is 0 Å². The maximum Gasteiger partial charge on any atom is 0.0657 e. The van der Waals surface area contributed by atoms with Gasteiger partial charge in [-0.15, -0.1) is 0 Å². The summed E-state index contributed by atoms with van der Waals surface area (Å²) < 4.78 is 2.50. The van der Waals surface area contributed by atoms with Crippen molar-refractivity contribution in [3.63, 3.8) is 0 Å². The first-order valence-electron chi connectivity index (χ1n) is 8.51. The third kappa shape index (κ3) is 3.72. The van der Waals surface area contributed by atoms with Crippen molar-refractivity contribution in [2.24, 2.45) is 5.92 Å². The largest absolute Gasteiger partial charge is 0.298 e. The van der Waals surface area contributed by atoms with Crippen LogP contribution in [0.5, 0.6) is 0 Å². The maximum atomic E-state index is 5.64. The molecule has 0 spiro atoms. The molecule has 1 aromatic carbocycles. The summed E-state index contributed by atoms with van der Waals surface area (Å²) >= 11 is 1.90. The molecule has 2 saturated heterocycles. The molecule has 2 radical (unpaired) electrons. The van der Waals surface area contributed by atoms with Crippen LogP contribution in [0.4, 0.5) is 0 Å². The molecule has 2 aliphatic heterocycles. The van der Waals surface area contributed by atoms with Gasteiger partial charge in [-0.05, 0) is 55.1 Å². The Hall–Kier alpha value is -0.445. The van der Waals surface area contributed by atoms with Gasteiger partial charge < -0.3 is 0 Å². The Labute approximate surface area is 141 Å². The van der Waals surface area contributed by atoms with Crippen LogP contribution in [-0.4, -0.2) is 55.5 Å². The Bertz CT molecular complexity index is 502. The minimum atomic E-state index is 0.741. The van der Waals surface area contributed by atoms with Gasteiger partial charge in [-0.1, -0.05) is 36.5 Å².